The first-order chi connectivity index (χ1) is 10.9. The Hall–Kier alpha value is -2.13. The smallest absolute Gasteiger partial charge is 0.407 e. The summed E-state index contributed by atoms with van der Waals surface area (Å²) in [6.07, 6.45) is -0.0524. The fourth-order valence-electron chi connectivity index (χ4n) is 1.62. The third kappa shape index (κ3) is 10.3. The van der Waals surface area contributed by atoms with Crippen molar-refractivity contribution in [3.8, 4) is 0 Å². The largest absolute Gasteiger partial charge is 0.445 e. The first kappa shape index (κ1) is 18.9. The van der Waals surface area contributed by atoms with Crippen molar-refractivity contribution >= 4 is 22.1 Å². The molecule has 1 aromatic carbocycles. The van der Waals surface area contributed by atoms with Crippen molar-refractivity contribution in [2.45, 2.75) is 19.4 Å². The van der Waals surface area contributed by atoms with Crippen molar-refractivity contribution in [3.63, 3.8) is 0 Å². The van der Waals surface area contributed by atoms with Gasteiger partial charge in [0.2, 0.25) is 5.91 Å². The molecule has 0 saturated carbocycles. The summed E-state index contributed by atoms with van der Waals surface area (Å²) in [6.45, 7) is 0.284. The first-order valence-corrected chi connectivity index (χ1v) is 8.64. The van der Waals surface area contributed by atoms with Gasteiger partial charge in [0.15, 0.2) is 0 Å². The van der Waals surface area contributed by atoms with E-state index in [0.29, 0.717) is 6.42 Å². The van der Waals surface area contributed by atoms with Gasteiger partial charge < -0.3 is 15.4 Å². The van der Waals surface area contributed by atoms with Gasteiger partial charge in [0, 0.05) is 19.5 Å². The van der Waals surface area contributed by atoms with Crippen molar-refractivity contribution < 1.29 is 27.3 Å². The van der Waals surface area contributed by atoms with Crippen LogP contribution in [0.4, 0.5) is 4.79 Å². The Labute approximate surface area is 135 Å². The molecule has 0 atom stereocenters. The maximum absolute atomic E-state index is 11.4. The summed E-state index contributed by atoms with van der Waals surface area (Å²) >= 11 is 0. The van der Waals surface area contributed by atoms with Crippen molar-refractivity contribution in [1.82, 2.24) is 10.6 Å². The maximum Gasteiger partial charge on any atom is 0.407 e. The van der Waals surface area contributed by atoms with E-state index in [-0.39, 0.29) is 32.0 Å². The van der Waals surface area contributed by atoms with Gasteiger partial charge in [0.25, 0.3) is 10.1 Å². The van der Waals surface area contributed by atoms with Crippen LogP contribution in [0.1, 0.15) is 18.4 Å². The van der Waals surface area contributed by atoms with Crippen molar-refractivity contribution in [3.05, 3.63) is 35.9 Å². The van der Waals surface area contributed by atoms with Gasteiger partial charge in [0.05, 0.1) is 5.75 Å². The molecule has 0 aliphatic rings. The number of hydrogen-bond donors (Lipinski definition) is 3. The topological polar surface area (TPSA) is 122 Å². The van der Waals surface area contributed by atoms with Gasteiger partial charge in [-0.1, -0.05) is 30.3 Å². The van der Waals surface area contributed by atoms with Gasteiger partial charge in [-0.3, -0.25) is 9.35 Å². The minimum Gasteiger partial charge on any atom is -0.445 e. The molecule has 0 unspecified atom stereocenters. The summed E-state index contributed by atoms with van der Waals surface area (Å²) < 4.78 is 34.4. The fraction of sp³-hybridized carbons (Fsp3) is 0.429. The molecule has 128 valence electrons. The van der Waals surface area contributed by atoms with Crippen LogP contribution < -0.4 is 10.6 Å². The fourth-order valence-corrected chi connectivity index (χ4v) is 1.98. The number of alkyl carbamates (subject to hydrolysis) is 1. The predicted octanol–water partition coefficient (Wildman–Crippen LogP) is 0.697. The lowest BCUT2D eigenvalue weighted by Crippen LogP contribution is -2.30. The van der Waals surface area contributed by atoms with Crippen LogP contribution in [0.5, 0.6) is 0 Å². The molecule has 0 bridgehead atoms. The highest BCUT2D eigenvalue weighted by atomic mass is 32.2. The second-order valence-electron chi connectivity index (χ2n) is 4.73. The molecule has 0 radical (unpaired) electrons. The number of benzene rings is 1. The standard InChI is InChI=1S/C14H20N2O6S/c17-13(15-9-10-23(19,20)21)7-4-8-16-14(18)22-11-12-5-2-1-3-6-12/h1-3,5-6H,4,7-11H2,(H,15,17)(H,16,18)(H,19,20,21). The quantitative estimate of drug-likeness (QED) is 0.448. The zero-order valence-electron chi connectivity index (χ0n) is 12.5. The van der Waals surface area contributed by atoms with Gasteiger partial charge in [-0.05, 0) is 12.0 Å². The number of rotatable bonds is 9. The van der Waals surface area contributed by atoms with Crippen LogP contribution in [0, 0.1) is 0 Å². The molecule has 0 spiro atoms. The van der Waals surface area contributed by atoms with Crippen LogP contribution in [0.15, 0.2) is 30.3 Å². The van der Waals surface area contributed by atoms with Crippen molar-refractivity contribution in [2.24, 2.45) is 0 Å². The maximum atomic E-state index is 11.4. The van der Waals surface area contributed by atoms with E-state index in [0.717, 1.165) is 5.56 Å². The summed E-state index contributed by atoms with van der Waals surface area (Å²) in [4.78, 5) is 22.8. The zero-order valence-corrected chi connectivity index (χ0v) is 13.3. The monoisotopic (exact) mass is 344 g/mol. The average Bonchev–Trinajstić information content (AvgIpc) is 2.49. The molecule has 2 amide bonds. The van der Waals surface area contributed by atoms with E-state index in [2.05, 4.69) is 10.6 Å². The van der Waals surface area contributed by atoms with Crippen LogP contribution in [-0.4, -0.2) is 43.8 Å². The summed E-state index contributed by atoms with van der Waals surface area (Å²) in [5.74, 6) is -0.879. The molecule has 0 saturated heterocycles. The molecule has 8 nitrogen and oxygen atoms in total. The van der Waals surface area contributed by atoms with Gasteiger partial charge in [-0.25, -0.2) is 4.79 Å². The van der Waals surface area contributed by atoms with Gasteiger partial charge in [0.1, 0.15) is 6.61 Å². The second-order valence-corrected chi connectivity index (χ2v) is 6.30. The summed E-state index contributed by atoms with van der Waals surface area (Å²) in [6, 6.07) is 9.23. The zero-order chi connectivity index (χ0) is 17.1. The Kier molecular flexibility index (Phi) is 8.06. The molecule has 1 aromatic rings. The molecule has 0 fully saturated rings. The third-order valence-corrected chi connectivity index (χ3v) is 3.46. The van der Waals surface area contributed by atoms with Crippen molar-refractivity contribution in [2.75, 3.05) is 18.8 Å². The normalized spacial score (nSPS) is 10.8. The molecule has 3 N–H and O–H groups in total. The van der Waals surface area contributed by atoms with Crippen molar-refractivity contribution in [1.29, 1.82) is 0 Å². The van der Waals surface area contributed by atoms with E-state index in [1.807, 2.05) is 30.3 Å². The van der Waals surface area contributed by atoms with Gasteiger partial charge in [-0.15, -0.1) is 0 Å². The van der Waals surface area contributed by atoms with Gasteiger partial charge >= 0.3 is 6.09 Å². The molecule has 0 heterocycles. The Morgan fingerprint density at radius 3 is 2.43 bits per heavy atom. The Bertz CT molecular complexity index is 603. The highest BCUT2D eigenvalue weighted by molar-refractivity contribution is 7.85. The minimum absolute atomic E-state index is 0.129. The molecule has 0 aromatic heterocycles. The molecule has 23 heavy (non-hydrogen) atoms. The van der Waals surface area contributed by atoms with Crippen LogP contribution in [0.25, 0.3) is 0 Å². The van der Waals surface area contributed by atoms with E-state index in [1.54, 1.807) is 0 Å². The molecular formula is C14H20N2O6S. The predicted molar refractivity (Wildman–Crippen MR) is 83.3 cm³/mol. The lowest BCUT2D eigenvalue weighted by Gasteiger charge is -2.07. The second kappa shape index (κ2) is 9.80. The minimum atomic E-state index is -4.07. The molecule has 1 rings (SSSR count). The first-order valence-electron chi connectivity index (χ1n) is 7.03. The van der Waals surface area contributed by atoms with E-state index in [4.69, 9.17) is 9.29 Å². The molecule has 9 heteroatoms. The van der Waals surface area contributed by atoms with E-state index >= 15 is 0 Å². The highest BCUT2D eigenvalue weighted by Crippen LogP contribution is 2.00. The summed E-state index contributed by atoms with van der Waals surface area (Å²) in [5.41, 5.74) is 0.876. The van der Waals surface area contributed by atoms with Gasteiger partial charge in [-0.2, -0.15) is 8.42 Å². The highest BCUT2D eigenvalue weighted by Gasteiger charge is 2.07. The Morgan fingerprint density at radius 2 is 1.78 bits per heavy atom. The lowest BCUT2D eigenvalue weighted by molar-refractivity contribution is -0.121. The van der Waals surface area contributed by atoms with E-state index in [9.17, 15) is 18.0 Å². The van der Waals surface area contributed by atoms with E-state index in [1.165, 1.54) is 0 Å². The number of carbonyl (C=O) groups excluding carboxylic acids is 2. The lowest BCUT2D eigenvalue weighted by atomic mass is 10.2. The number of nitrogens with one attached hydrogen (secondary N) is 2. The average molecular weight is 344 g/mol. The van der Waals surface area contributed by atoms with Crippen LogP contribution in [0.2, 0.25) is 0 Å². The number of amides is 2. The number of hydrogen-bond acceptors (Lipinski definition) is 5. The SMILES string of the molecule is O=C(CCCNC(=O)OCc1ccccc1)NCCS(=O)(=O)O. The van der Waals surface area contributed by atoms with Crippen LogP contribution in [-0.2, 0) is 26.3 Å². The van der Waals surface area contributed by atoms with Crippen LogP contribution in [0.3, 0.4) is 0 Å². The Balaban J connectivity index is 2.05. The molecular weight excluding hydrogens is 324 g/mol. The number of ether oxygens (including phenoxy) is 1. The Morgan fingerprint density at radius 1 is 1.09 bits per heavy atom. The molecule has 0 aliphatic carbocycles. The summed E-state index contributed by atoms with van der Waals surface area (Å²) in [7, 11) is -4.07. The third-order valence-electron chi connectivity index (χ3n) is 2.74. The number of carbonyl (C=O) groups is 2. The van der Waals surface area contributed by atoms with E-state index < -0.39 is 22.0 Å². The summed E-state index contributed by atoms with van der Waals surface area (Å²) in [5, 5.41) is 4.86. The molecule has 0 aliphatic heterocycles. The van der Waals surface area contributed by atoms with Crippen LogP contribution >= 0.6 is 0 Å².